The molecule has 6 nitrogen and oxygen atoms in total. The van der Waals surface area contributed by atoms with Crippen LogP contribution in [0.5, 0.6) is 5.75 Å². The molecule has 1 heterocycles. The van der Waals surface area contributed by atoms with E-state index in [1.807, 2.05) is 43.3 Å². The Morgan fingerprint density at radius 1 is 1.19 bits per heavy atom. The Morgan fingerprint density at radius 3 is 2.62 bits per heavy atom. The minimum atomic E-state index is -0.240. The Kier molecular flexibility index (Phi) is 6.84. The molecule has 2 N–H and O–H groups in total. The van der Waals surface area contributed by atoms with Crippen molar-refractivity contribution in [1.82, 2.24) is 5.32 Å². The van der Waals surface area contributed by atoms with Crippen LogP contribution in [0.2, 0.25) is 0 Å². The SMILES string of the molecule is CCCCNC(=O)Nc1ccc(C2C(C#N)c3ccc(OCC)cc3N2CC2CC2)cc1. The maximum Gasteiger partial charge on any atom is 0.319 e. The highest BCUT2D eigenvalue weighted by Gasteiger charge is 2.42. The lowest BCUT2D eigenvalue weighted by molar-refractivity contribution is 0.252. The number of fused-ring (bicyclic) bond motifs is 1. The number of unbranched alkanes of at least 4 members (excludes halogenated alkanes) is 1. The highest BCUT2D eigenvalue weighted by molar-refractivity contribution is 5.89. The summed E-state index contributed by atoms with van der Waals surface area (Å²) < 4.78 is 5.74. The molecule has 2 atom stereocenters. The molecule has 2 aliphatic rings. The third kappa shape index (κ3) is 4.83. The Morgan fingerprint density at radius 2 is 1.97 bits per heavy atom. The van der Waals surface area contributed by atoms with Crippen molar-refractivity contribution >= 4 is 17.4 Å². The molecular weight excluding hydrogens is 400 g/mol. The molecule has 1 aliphatic carbocycles. The minimum absolute atomic E-state index is 0.0418. The number of ether oxygens (including phenoxy) is 1. The predicted molar refractivity (Wildman–Crippen MR) is 127 cm³/mol. The summed E-state index contributed by atoms with van der Waals surface area (Å²) in [5.41, 5.74) is 4.01. The largest absolute Gasteiger partial charge is 0.494 e. The van der Waals surface area contributed by atoms with Crippen molar-refractivity contribution in [3.63, 3.8) is 0 Å². The van der Waals surface area contributed by atoms with E-state index in [-0.39, 0.29) is 18.0 Å². The number of anilines is 2. The van der Waals surface area contributed by atoms with Gasteiger partial charge in [0.15, 0.2) is 0 Å². The number of carbonyl (C=O) groups is 1. The Bertz CT molecular complexity index is 978. The lowest BCUT2D eigenvalue weighted by Gasteiger charge is -2.29. The van der Waals surface area contributed by atoms with Crippen LogP contribution in [-0.4, -0.2) is 25.7 Å². The molecule has 1 fully saturated rings. The molecule has 1 aliphatic heterocycles. The summed E-state index contributed by atoms with van der Waals surface area (Å²) in [7, 11) is 0. The predicted octanol–water partition coefficient (Wildman–Crippen LogP) is 5.59. The summed E-state index contributed by atoms with van der Waals surface area (Å²) in [6, 6.07) is 16.3. The molecule has 2 aromatic rings. The lowest BCUT2D eigenvalue weighted by Crippen LogP contribution is -2.30. The molecule has 4 rings (SSSR count). The highest BCUT2D eigenvalue weighted by atomic mass is 16.5. The summed E-state index contributed by atoms with van der Waals surface area (Å²) in [5, 5.41) is 15.8. The summed E-state index contributed by atoms with van der Waals surface area (Å²) in [5.74, 6) is 1.29. The third-order valence-electron chi connectivity index (χ3n) is 6.23. The standard InChI is InChI=1S/C26H32N4O2/c1-3-5-14-28-26(31)29-20-10-8-19(9-11-20)25-23(16-27)22-13-12-21(32-4-2)15-24(22)30(25)17-18-6-7-18/h8-13,15,18,23,25H,3-7,14,17H2,1-2H3,(H2,28,29,31). The number of nitriles is 1. The van der Waals surface area contributed by atoms with Gasteiger partial charge in [-0.15, -0.1) is 0 Å². The monoisotopic (exact) mass is 432 g/mol. The van der Waals surface area contributed by atoms with Crippen molar-refractivity contribution in [3.05, 3.63) is 53.6 Å². The number of nitrogens with one attached hydrogen (secondary N) is 2. The van der Waals surface area contributed by atoms with E-state index in [0.29, 0.717) is 19.1 Å². The first-order valence-electron chi connectivity index (χ1n) is 11.7. The van der Waals surface area contributed by atoms with E-state index in [9.17, 15) is 10.1 Å². The first-order chi connectivity index (χ1) is 15.6. The van der Waals surface area contributed by atoms with Gasteiger partial charge in [0.1, 0.15) is 5.75 Å². The molecule has 1 saturated carbocycles. The first kappa shape index (κ1) is 22.0. The molecule has 0 bridgehead atoms. The van der Waals surface area contributed by atoms with E-state index in [2.05, 4.69) is 34.6 Å². The maximum absolute atomic E-state index is 12.1. The molecule has 0 radical (unpaired) electrons. The van der Waals surface area contributed by atoms with E-state index < -0.39 is 0 Å². The fourth-order valence-corrected chi connectivity index (χ4v) is 4.41. The number of carbonyl (C=O) groups excluding carboxylic acids is 1. The van der Waals surface area contributed by atoms with Gasteiger partial charge in [0, 0.05) is 30.5 Å². The van der Waals surface area contributed by atoms with Gasteiger partial charge < -0.3 is 20.3 Å². The molecule has 168 valence electrons. The van der Waals surface area contributed by atoms with Crippen molar-refractivity contribution in [2.45, 2.75) is 51.5 Å². The second kappa shape index (κ2) is 9.95. The number of hydrogen-bond donors (Lipinski definition) is 2. The highest BCUT2D eigenvalue weighted by Crippen LogP contribution is 2.51. The number of amides is 2. The van der Waals surface area contributed by atoms with Crippen molar-refractivity contribution in [1.29, 1.82) is 5.26 Å². The van der Waals surface area contributed by atoms with Gasteiger partial charge in [0.25, 0.3) is 0 Å². The summed E-state index contributed by atoms with van der Waals surface area (Å²) in [4.78, 5) is 14.4. The van der Waals surface area contributed by atoms with Crippen molar-refractivity contribution < 1.29 is 9.53 Å². The van der Waals surface area contributed by atoms with Gasteiger partial charge in [-0.1, -0.05) is 31.5 Å². The Balaban J connectivity index is 1.56. The van der Waals surface area contributed by atoms with Gasteiger partial charge in [-0.3, -0.25) is 0 Å². The molecular formula is C26H32N4O2. The Hall–Kier alpha value is -3.20. The van der Waals surface area contributed by atoms with E-state index >= 15 is 0 Å². The van der Waals surface area contributed by atoms with Crippen LogP contribution < -0.4 is 20.3 Å². The van der Waals surface area contributed by atoms with Crippen LogP contribution >= 0.6 is 0 Å². The van der Waals surface area contributed by atoms with Crippen LogP contribution in [0.1, 0.15) is 62.6 Å². The molecule has 0 saturated heterocycles. The molecule has 2 unspecified atom stereocenters. The van der Waals surface area contributed by atoms with Gasteiger partial charge >= 0.3 is 6.03 Å². The fraction of sp³-hybridized carbons (Fsp3) is 0.462. The van der Waals surface area contributed by atoms with Crippen LogP contribution in [0.3, 0.4) is 0 Å². The normalized spacial score (nSPS) is 19.2. The zero-order valence-electron chi connectivity index (χ0n) is 18.9. The molecule has 32 heavy (non-hydrogen) atoms. The number of nitrogens with zero attached hydrogens (tertiary/aromatic N) is 2. The second-order valence-electron chi connectivity index (χ2n) is 8.66. The molecule has 0 aromatic heterocycles. The van der Waals surface area contributed by atoms with Crippen molar-refractivity contribution in [2.24, 2.45) is 5.92 Å². The first-order valence-corrected chi connectivity index (χ1v) is 11.7. The smallest absolute Gasteiger partial charge is 0.319 e. The number of rotatable bonds is 9. The lowest BCUT2D eigenvalue weighted by atomic mass is 9.91. The van der Waals surface area contributed by atoms with Gasteiger partial charge in [-0.25, -0.2) is 4.79 Å². The van der Waals surface area contributed by atoms with E-state index in [1.165, 1.54) is 12.8 Å². The summed E-state index contributed by atoms with van der Waals surface area (Å²) in [6.45, 7) is 6.32. The summed E-state index contributed by atoms with van der Waals surface area (Å²) >= 11 is 0. The van der Waals surface area contributed by atoms with Crippen molar-refractivity contribution in [2.75, 3.05) is 29.9 Å². The van der Waals surface area contributed by atoms with Gasteiger partial charge in [0.2, 0.25) is 0 Å². The number of benzene rings is 2. The van der Waals surface area contributed by atoms with E-state index in [4.69, 9.17) is 4.74 Å². The Labute approximate surface area is 190 Å². The fourth-order valence-electron chi connectivity index (χ4n) is 4.41. The van der Waals surface area contributed by atoms with Gasteiger partial charge in [-0.05, 0) is 61.4 Å². The average Bonchev–Trinajstić information content (AvgIpc) is 3.56. The molecule has 0 spiro atoms. The molecule has 2 amide bonds. The van der Waals surface area contributed by atoms with Crippen LogP contribution in [0.15, 0.2) is 42.5 Å². The second-order valence-corrected chi connectivity index (χ2v) is 8.66. The topological polar surface area (TPSA) is 77.4 Å². The minimum Gasteiger partial charge on any atom is -0.494 e. The van der Waals surface area contributed by atoms with Crippen LogP contribution in [-0.2, 0) is 0 Å². The van der Waals surface area contributed by atoms with E-state index in [0.717, 1.165) is 47.6 Å². The quantitative estimate of drug-likeness (QED) is 0.507. The zero-order valence-corrected chi connectivity index (χ0v) is 18.9. The van der Waals surface area contributed by atoms with Crippen LogP contribution in [0, 0.1) is 17.2 Å². The average molecular weight is 433 g/mol. The number of hydrogen-bond acceptors (Lipinski definition) is 4. The summed E-state index contributed by atoms with van der Waals surface area (Å²) in [6.07, 6.45) is 4.50. The molecule has 2 aromatic carbocycles. The van der Waals surface area contributed by atoms with Crippen LogP contribution in [0.25, 0.3) is 0 Å². The van der Waals surface area contributed by atoms with E-state index in [1.54, 1.807) is 0 Å². The third-order valence-corrected chi connectivity index (χ3v) is 6.23. The van der Waals surface area contributed by atoms with Gasteiger partial charge in [-0.2, -0.15) is 5.26 Å². The van der Waals surface area contributed by atoms with Crippen molar-refractivity contribution in [3.8, 4) is 11.8 Å². The van der Waals surface area contributed by atoms with Crippen LogP contribution in [0.4, 0.5) is 16.2 Å². The molecule has 6 heteroatoms. The zero-order chi connectivity index (χ0) is 22.5. The number of urea groups is 1. The van der Waals surface area contributed by atoms with Gasteiger partial charge in [0.05, 0.1) is 24.6 Å². The maximum atomic E-state index is 12.1.